The molecular weight excluding hydrogens is 198 g/mol. The summed E-state index contributed by atoms with van der Waals surface area (Å²) in [6.07, 6.45) is 4.53. The molecule has 16 heavy (non-hydrogen) atoms. The van der Waals surface area contributed by atoms with Crippen molar-refractivity contribution in [2.75, 3.05) is 0 Å². The van der Waals surface area contributed by atoms with Crippen LogP contribution in [-0.4, -0.2) is 10.1 Å². The third kappa shape index (κ3) is 1.75. The van der Waals surface area contributed by atoms with Crippen molar-refractivity contribution in [1.29, 1.82) is 0 Å². The van der Waals surface area contributed by atoms with Gasteiger partial charge in [-0.05, 0) is 36.5 Å². The van der Waals surface area contributed by atoms with Crippen molar-refractivity contribution in [3.8, 4) is 0 Å². The summed E-state index contributed by atoms with van der Waals surface area (Å²) in [5, 5.41) is 10.5. The summed E-state index contributed by atoms with van der Waals surface area (Å²) in [6.45, 7) is 8.51. The van der Waals surface area contributed by atoms with Crippen molar-refractivity contribution in [1.82, 2.24) is 4.98 Å². The van der Waals surface area contributed by atoms with Gasteiger partial charge in [-0.15, -0.1) is 0 Å². The third-order valence-electron chi connectivity index (χ3n) is 3.65. The minimum atomic E-state index is -0.613. The number of aliphatic hydroxyl groups is 1. The van der Waals surface area contributed by atoms with E-state index >= 15 is 0 Å². The summed E-state index contributed by atoms with van der Waals surface area (Å²) in [5.41, 5.74) is 2.83. The highest BCUT2D eigenvalue weighted by Crippen LogP contribution is 2.40. The van der Waals surface area contributed by atoms with Gasteiger partial charge >= 0.3 is 0 Å². The number of aromatic nitrogens is 1. The minimum absolute atomic E-state index is 0.0479. The molecule has 1 unspecified atom stereocenters. The molecule has 1 atom stereocenters. The summed E-state index contributed by atoms with van der Waals surface area (Å²) < 4.78 is 0. The lowest BCUT2D eigenvalue weighted by molar-refractivity contribution is 0.0344. The first-order valence-corrected chi connectivity index (χ1v) is 6.09. The van der Waals surface area contributed by atoms with Gasteiger partial charge < -0.3 is 5.11 Å². The van der Waals surface area contributed by atoms with Crippen LogP contribution in [0.25, 0.3) is 0 Å². The predicted molar refractivity (Wildman–Crippen MR) is 65.4 cm³/mol. The molecule has 0 aromatic carbocycles. The highest BCUT2D eigenvalue weighted by molar-refractivity contribution is 5.38. The maximum atomic E-state index is 10.5. The minimum Gasteiger partial charge on any atom is -0.385 e. The second-order valence-corrected chi connectivity index (χ2v) is 5.86. The Hall–Kier alpha value is -0.890. The predicted octanol–water partition coefficient (Wildman–Crippen LogP) is 2.92. The van der Waals surface area contributed by atoms with Crippen LogP contribution in [-0.2, 0) is 17.4 Å². The standard InChI is InChI=1S/C14H21NO/c1-5-14(16)7-6-10-9-15-12(8-11(10)14)13(2,3)4/h8-9,16H,5-7H2,1-4H3. The fourth-order valence-corrected chi connectivity index (χ4v) is 2.37. The van der Waals surface area contributed by atoms with Crippen LogP contribution >= 0.6 is 0 Å². The monoisotopic (exact) mass is 219 g/mol. The fourth-order valence-electron chi connectivity index (χ4n) is 2.37. The molecule has 0 fully saturated rings. The number of pyridine rings is 1. The first-order valence-electron chi connectivity index (χ1n) is 6.09. The molecule has 1 aromatic rings. The molecule has 0 aliphatic heterocycles. The Morgan fingerprint density at radius 3 is 2.69 bits per heavy atom. The molecule has 0 radical (unpaired) electrons. The molecule has 1 N–H and O–H groups in total. The molecule has 2 heteroatoms. The summed E-state index contributed by atoms with van der Waals surface area (Å²) in [5.74, 6) is 0. The Balaban J connectivity index is 2.50. The zero-order chi connectivity index (χ0) is 12.0. The van der Waals surface area contributed by atoms with Crippen molar-refractivity contribution in [3.63, 3.8) is 0 Å². The Kier molecular flexibility index (Phi) is 2.58. The van der Waals surface area contributed by atoms with Crippen molar-refractivity contribution in [2.24, 2.45) is 0 Å². The lowest BCUT2D eigenvalue weighted by atomic mass is 9.87. The van der Waals surface area contributed by atoms with Crippen molar-refractivity contribution in [2.45, 2.75) is 58.0 Å². The van der Waals surface area contributed by atoms with Gasteiger partial charge in [-0.2, -0.15) is 0 Å². The Bertz CT molecular complexity index is 406. The maximum absolute atomic E-state index is 10.5. The zero-order valence-electron chi connectivity index (χ0n) is 10.7. The van der Waals surface area contributed by atoms with Crippen LogP contribution in [0, 0.1) is 0 Å². The molecule has 0 saturated heterocycles. The van der Waals surface area contributed by atoms with Crippen LogP contribution in [0.3, 0.4) is 0 Å². The van der Waals surface area contributed by atoms with Crippen LogP contribution < -0.4 is 0 Å². The number of nitrogens with zero attached hydrogens (tertiary/aromatic N) is 1. The number of rotatable bonds is 1. The molecule has 0 bridgehead atoms. The topological polar surface area (TPSA) is 33.1 Å². The lowest BCUT2D eigenvalue weighted by Crippen LogP contribution is -2.22. The van der Waals surface area contributed by atoms with E-state index in [2.05, 4.69) is 31.8 Å². The van der Waals surface area contributed by atoms with E-state index < -0.39 is 5.60 Å². The van der Waals surface area contributed by atoms with E-state index in [-0.39, 0.29) is 5.41 Å². The van der Waals surface area contributed by atoms with Crippen LogP contribution in [0.1, 0.15) is 57.4 Å². The molecule has 0 saturated carbocycles. The molecule has 1 aromatic heterocycles. The van der Waals surface area contributed by atoms with E-state index in [1.807, 2.05) is 13.1 Å². The number of hydrogen-bond donors (Lipinski definition) is 1. The van der Waals surface area contributed by atoms with Crippen molar-refractivity contribution in [3.05, 3.63) is 29.1 Å². The maximum Gasteiger partial charge on any atom is 0.0901 e. The number of aryl methyl sites for hydroxylation is 1. The highest BCUT2D eigenvalue weighted by Gasteiger charge is 2.36. The highest BCUT2D eigenvalue weighted by atomic mass is 16.3. The SMILES string of the molecule is CCC1(O)CCc2cnc(C(C)(C)C)cc21. The van der Waals surface area contributed by atoms with Crippen LogP contribution in [0.5, 0.6) is 0 Å². The Morgan fingerprint density at radius 2 is 2.12 bits per heavy atom. The van der Waals surface area contributed by atoms with E-state index in [0.717, 1.165) is 30.5 Å². The Labute approximate surface area is 97.7 Å². The van der Waals surface area contributed by atoms with Gasteiger partial charge in [-0.1, -0.05) is 27.7 Å². The normalized spacial score (nSPS) is 24.6. The smallest absolute Gasteiger partial charge is 0.0901 e. The third-order valence-corrected chi connectivity index (χ3v) is 3.65. The first-order chi connectivity index (χ1) is 7.37. The fraction of sp³-hybridized carbons (Fsp3) is 0.643. The second-order valence-electron chi connectivity index (χ2n) is 5.86. The van der Waals surface area contributed by atoms with Crippen LogP contribution in [0.15, 0.2) is 12.3 Å². The molecule has 1 aliphatic rings. The van der Waals surface area contributed by atoms with Gasteiger partial charge in [-0.25, -0.2) is 0 Å². The first kappa shape index (κ1) is 11.6. The Morgan fingerprint density at radius 1 is 1.44 bits per heavy atom. The van der Waals surface area contributed by atoms with E-state index in [9.17, 15) is 5.11 Å². The van der Waals surface area contributed by atoms with Crippen LogP contribution in [0.2, 0.25) is 0 Å². The van der Waals surface area contributed by atoms with Gasteiger partial charge in [0.2, 0.25) is 0 Å². The van der Waals surface area contributed by atoms with E-state index in [4.69, 9.17) is 0 Å². The van der Waals surface area contributed by atoms with Crippen molar-refractivity contribution >= 4 is 0 Å². The molecule has 2 nitrogen and oxygen atoms in total. The van der Waals surface area contributed by atoms with E-state index in [0.29, 0.717) is 0 Å². The summed E-state index contributed by atoms with van der Waals surface area (Å²) in [4.78, 5) is 4.51. The molecular formula is C14H21NO. The van der Waals surface area contributed by atoms with Gasteiger partial charge in [0.25, 0.3) is 0 Å². The van der Waals surface area contributed by atoms with E-state index in [1.165, 1.54) is 5.56 Å². The summed E-state index contributed by atoms with van der Waals surface area (Å²) >= 11 is 0. The number of hydrogen-bond acceptors (Lipinski definition) is 2. The van der Waals surface area contributed by atoms with Gasteiger partial charge in [0.15, 0.2) is 0 Å². The second kappa shape index (κ2) is 3.56. The van der Waals surface area contributed by atoms with Crippen LogP contribution in [0.4, 0.5) is 0 Å². The van der Waals surface area contributed by atoms with Gasteiger partial charge in [0.1, 0.15) is 0 Å². The van der Waals surface area contributed by atoms with E-state index in [1.54, 1.807) is 0 Å². The molecule has 1 heterocycles. The molecule has 2 rings (SSSR count). The molecule has 88 valence electrons. The summed E-state index contributed by atoms with van der Waals surface area (Å²) in [6, 6.07) is 2.10. The molecule has 0 amide bonds. The molecule has 0 spiro atoms. The lowest BCUT2D eigenvalue weighted by Gasteiger charge is -2.24. The summed E-state index contributed by atoms with van der Waals surface area (Å²) in [7, 11) is 0. The van der Waals surface area contributed by atoms with Gasteiger partial charge in [0.05, 0.1) is 5.60 Å². The largest absolute Gasteiger partial charge is 0.385 e. The average molecular weight is 219 g/mol. The average Bonchev–Trinajstić information content (AvgIpc) is 2.56. The molecule has 1 aliphatic carbocycles. The number of fused-ring (bicyclic) bond motifs is 1. The quantitative estimate of drug-likeness (QED) is 0.787. The van der Waals surface area contributed by atoms with Gasteiger partial charge in [-0.3, -0.25) is 4.98 Å². The van der Waals surface area contributed by atoms with Gasteiger partial charge in [0, 0.05) is 17.3 Å². The van der Waals surface area contributed by atoms with Crippen molar-refractivity contribution < 1.29 is 5.11 Å². The zero-order valence-corrected chi connectivity index (χ0v) is 10.7.